The third kappa shape index (κ3) is 2.77. The van der Waals surface area contributed by atoms with Gasteiger partial charge in [0.05, 0.1) is 5.52 Å². The number of rotatable bonds is 0. The summed E-state index contributed by atoms with van der Waals surface area (Å²) in [4.78, 5) is 0. The molecule has 0 saturated heterocycles. The van der Waals surface area contributed by atoms with Crippen LogP contribution in [0, 0.1) is 6.92 Å². The van der Waals surface area contributed by atoms with Crippen LogP contribution in [0.5, 0.6) is 0 Å². The molecule has 2 aromatic rings. The van der Waals surface area contributed by atoms with Crippen LogP contribution in [-0.2, 0) is 7.05 Å². The molecule has 0 saturated carbocycles. The van der Waals surface area contributed by atoms with Crippen molar-refractivity contribution < 1.29 is 0 Å². The number of aromatic nitrogens is 2. The van der Waals surface area contributed by atoms with Gasteiger partial charge in [0.2, 0.25) is 0 Å². The topological polar surface area (TPSA) is 17.8 Å². The number of hydrogen-bond acceptors (Lipinski definition) is 1. The van der Waals surface area contributed by atoms with Crippen LogP contribution in [0.4, 0.5) is 0 Å². The predicted molar refractivity (Wildman–Crippen MR) is 67.2 cm³/mol. The molecule has 2 nitrogen and oxygen atoms in total. The molecule has 0 amide bonds. The SMILES string of the molecule is CC.Cc1ccc2nn(C)cc2c1.S. The molecule has 0 aliphatic rings. The molecule has 14 heavy (non-hydrogen) atoms. The van der Waals surface area contributed by atoms with Crippen molar-refractivity contribution in [2.45, 2.75) is 20.8 Å². The van der Waals surface area contributed by atoms with Crippen LogP contribution in [0.3, 0.4) is 0 Å². The summed E-state index contributed by atoms with van der Waals surface area (Å²) in [7, 11) is 1.94. The van der Waals surface area contributed by atoms with Crippen molar-refractivity contribution in [2.24, 2.45) is 7.05 Å². The van der Waals surface area contributed by atoms with Gasteiger partial charge in [-0.15, -0.1) is 0 Å². The Morgan fingerprint density at radius 3 is 2.50 bits per heavy atom. The van der Waals surface area contributed by atoms with Crippen molar-refractivity contribution in [1.82, 2.24) is 9.78 Å². The number of fused-ring (bicyclic) bond motifs is 1. The Morgan fingerprint density at radius 2 is 1.86 bits per heavy atom. The summed E-state index contributed by atoms with van der Waals surface area (Å²) in [6, 6.07) is 6.27. The molecule has 78 valence electrons. The average molecular weight is 210 g/mol. The van der Waals surface area contributed by atoms with Crippen LogP contribution in [0.25, 0.3) is 10.9 Å². The van der Waals surface area contributed by atoms with Crippen molar-refractivity contribution in [3.8, 4) is 0 Å². The van der Waals surface area contributed by atoms with Crippen LogP contribution in [0.2, 0.25) is 0 Å². The first-order chi connectivity index (χ1) is 6.25. The minimum atomic E-state index is 0. The molecule has 0 aliphatic heterocycles. The van der Waals surface area contributed by atoms with E-state index in [0.29, 0.717) is 0 Å². The molecule has 0 bridgehead atoms. The Hall–Kier alpha value is -0.960. The molecule has 0 unspecified atom stereocenters. The fourth-order valence-electron chi connectivity index (χ4n) is 1.27. The number of aryl methyl sites for hydroxylation is 2. The number of nitrogens with zero attached hydrogens (tertiary/aromatic N) is 2. The Bertz CT molecular complexity index is 393. The summed E-state index contributed by atoms with van der Waals surface area (Å²) in [6.07, 6.45) is 2.03. The van der Waals surface area contributed by atoms with E-state index in [1.165, 1.54) is 10.9 Å². The van der Waals surface area contributed by atoms with Gasteiger partial charge in [-0.1, -0.05) is 25.5 Å². The predicted octanol–water partition coefficient (Wildman–Crippen LogP) is 3.02. The Kier molecular flexibility index (Phi) is 5.31. The second-order valence-corrected chi connectivity index (χ2v) is 2.87. The van der Waals surface area contributed by atoms with E-state index in [1.54, 1.807) is 0 Å². The van der Waals surface area contributed by atoms with Gasteiger partial charge in [-0.2, -0.15) is 18.6 Å². The fraction of sp³-hybridized carbons (Fsp3) is 0.364. The second-order valence-electron chi connectivity index (χ2n) is 2.87. The van der Waals surface area contributed by atoms with Crippen LogP contribution in [0.1, 0.15) is 19.4 Å². The van der Waals surface area contributed by atoms with E-state index in [2.05, 4.69) is 24.2 Å². The van der Waals surface area contributed by atoms with Gasteiger partial charge in [-0.3, -0.25) is 4.68 Å². The monoisotopic (exact) mass is 210 g/mol. The molecule has 2 rings (SSSR count). The summed E-state index contributed by atoms with van der Waals surface area (Å²) in [5.74, 6) is 0. The van der Waals surface area contributed by atoms with Gasteiger partial charge in [0.15, 0.2) is 0 Å². The molecular formula is C11H18N2S. The van der Waals surface area contributed by atoms with Gasteiger partial charge < -0.3 is 0 Å². The van der Waals surface area contributed by atoms with E-state index in [9.17, 15) is 0 Å². The minimum absolute atomic E-state index is 0. The fourth-order valence-corrected chi connectivity index (χ4v) is 1.27. The highest BCUT2D eigenvalue weighted by molar-refractivity contribution is 7.59. The van der Waals surface area contributed by atoms with Gasteiger partial charge >= 0.3 is 0 Å². The van der Waals surface area contributed by atoms with Gasteiger partial charge in [0, 0.05) is 18.6 Å². The van der Waals surface area contributed by atoms with Crippen LogP contribution >= 0.6 is 13.5 Å². The van der Waals surface area contributed by atoms with Gasteiger partial charge in [0.25, 0.3) is 0 Å². The first kappa shape index (κ1) is 13.0. The number of hydrogen-bond donors (Lipinski definition) is 0. The maximum absolute atomic E-state index is 4.27. The molecule has 0 atom stereocenters. The van der Waals surface area contributed by atoms with E-state index >= 15 is 0 Å². The van der Waals surface area contributed by atoms with E-state index in [0.717, 1.165) is 5.52 Å². The van der Waals surface area contributed by atoms with Gasteiger partial charge in [-0.25, -0.2) is 0 Å². The first-order valence-electron chi connectivity index (χ1n) is 4.66. The summed E-state index contributed by atoms with van der Waals surface area (Å²) in [5.41, 5.74) is 2.35. The molecular weight excluding hydrogens is 192 g/mol. The largest absolute Gasteiger partial charge is 0.275 e. The Labute approximate surface area is 92.4 Å². The lowest BCUT2D eigenvalue weighted by molar-refractivity contribution is 0.780. The lowest BCUT2D eigenvalue weighted by Crippen LogP contribution is -1.84. The summed E-state index contributed by atoms with van der Waals surface area (Å²) < 4.78 is 1.84. The molecule has 0 aliphatic carbocycles. The lowest BCUT2D eigenvalue weighted by atomic mass is 10.2. The van der Waals surface area contributed by atoms with Gasteiger partial charge in [-0.05, 0) is 19.1 Å². The van der Waals surface area contributed by atoms with E-state index in [-0.39, 0.29) is 13.5 Å². The molecule has 0 N–H and O–H groups in total. The normalized spacial score (nSPS) is 8.86. The van der Waals surface area contributed by atoms with Crippen LogP contribution in [-0.4, -0.2) is 9.78 Å². The quantitative estimate of drug-likeness (QED) is 0.653. The van der Waals surface area contributed by atoms with Crippen molar-refractivity contribution in [1.29, 1.82) is 0 Å². The third-order valence-corrected chi connectivity index (χ3v) is 1.77. The zero-order chi connectivity index (χ0) is 9.84. The zero-order valence-electron chi connectivity index (χ0n) is 9.20. The highest BCUT2D eigenvalue weighted by atomic mass is 32.1. The van der Waals surface area contributed by atoms with Crippen molar-refractivity contribution >= 4 is 24.4 Å². The van der Waals surface area contributed by atoms with Crippen molar-refractivity contribution in [2.75, 3.05) is 0 Å². The lowest BCUT2D eigenvalue weighted by Gasteiger charge is -1.88. The van der Waals surface area contributed by atoms with E-state index < -0.39 is 0 Å². The number of benzene rings is 1. The summed E-state index contributed by atoms with van der Waals surface area (Å²) >= 11 is 0. The van der Waals surface area contributed by atoms with E-state index in [1.807, 2.05) is 37.8 Å². The first-order valence-corrected chi connectivity index (χ1v) is 4.66. The molecule has 1 aromatic heterocycles. The Morgan fingerprint density at radius 1 is 1.21 bits per heavy atom. The summed E-state index contributed by atoms with van der Waals surface area (Å²) in [6.45, 7) is 6.09. The van der Waals surface area contributed by atoms with Crippen LogP contribution < -0.4 is 0 Å². The van der Waals surface area contributed by atoms with Crippen LogP contribution in [0.15, 0.2) is 24.4 Å². The van der Waals surface area contributed by atoms with Crippen molar-refractivity contribution in [3.63, 3.8) is 0 Å². The highest BCUT2D eigenvalue weighted by Gasteiger charge is 1.95. The molecule has 1 heterocycles. The second kappa shape index (κ2) is 5.70. The summed E-state index contributed by atoms with van der Waals surface area (Å²) in [5, 5.41) is 5.49. The third-order valence-electron chi connectivity index (χ3n) is 1.77. The van der Waals surface area contributed by atoms with Gasteiger partial charge in [0.1, 0.15) is 0 Å². The average Bonchev–Trinajstić information content (AvgIpc) is 2.48. The standard InChI is InChI=1S/C9H10N2.C2H6.H2S/c1-7-3-4-9-8(5-7)6-11(2)10-9;1-2;/h3-6H,1-2H3;1-2H3;1H2. The smallest absolute Gasteiger partial charge is 0.0923 e. The molecule has 0 fully saturated rings. The molecule has 3 heteroatoms. The minimum Gasteiger partial charge on any atom is -0.275 e. The highest BCUT2D eigenvalue weighted by Crippen LogP contribution is 2.12. The molecule has 0 radical (unpaired) electrons. The Balaban J connectivity index is 0.000000531. The van der Waals surface area contributed by atoms with E-state index in [4.69, 9.17) is 0 Å². The molecule has 1 aromatic carbocycles. The maximum Gasteiger partial charge on any atom is 0.0923 e. The van der Waals surface area contributed by atoms with Crippen molar-refractivity contribution in [3.05, 3.63) is 30.0 Å². The zero-order valence-corrected chi connectivity index (χ0v) is 10.2. The maximum atomic E-state index is 4.27. The molecule has 0 spiro atoms.